The van der Waals surface area contributed by atoms with Gasteiger partial charge in [0, 0.05) is 23.7 Å². The number of alkyl halides is 2. The second-order valence-corrected chi connectivity index (χ2v) is 9.72. The molecule has 10 heteroatoms. The molecule has 168 valence electrons. The minimum absolute atomic E-state index is 0.0207. The highest BCUT2D eigenvalue weighted by Gasteiger charge is 2.29. The molecule has 0 bridgehead atoms. The molecule has 0 aliphatic heterocycles. The van der Waals surface area contributed by atoms with E-state index in [9.17, 15) is 22.5 Å². The first-order chi connectivity index (χ1) is 15.2. The van der Waals surface area contributed by atoms with E-state index in [0.717, 1.165) is 24.8 Å². The third-order valence-corrected chi connectivity index (χ3v) is 7.08. The number of ether oxygens (including phenoxy) is 1. The summed E-state index contributed by atoms with van der Waals surface area (Å²) in [6, 6.07) is 9.62. The van der Waals surface area contributed by atoms with E-state index in [4.69, 9.17) is 0 Å². The van der Waals surface area contributed by atoms with Crippen molar-refractivity contribution in [1.82, 2.24) is 14.3 Å². The molecule has 0 spiro atoms. The van der Waals surface area contributed by atoms with E-state index in [1.54, 1.807) is 26.0 Å². The Morgan fingerprint density at radius 2 is 2.00 bits per heavy atom. The maximum atomic E-state index is 12.7. The zero-order chi connectivity index (χ0) is 23.0. The molecule has 1 aromatic carbocycles. The first-order valence-electron chi connectivity index (χ1n) is 10.2. The number of sulfonamides is 1. The van der Waals surface area contributed by atoms with Crippen LogP contribution in [0.3, 0.4) is 0 Å². The van der Waals surface area contributed by atoms with Gasteiger partial charge in [0.05, 0.1) is 22.5 Å². The fraction of sp³-hybridized carbons (Fsp3) is 0.364. The molecule has 0 radical (unpaired) electrons. The molecule has 7 nitrogen and oxygen atoms in total. The van der Waals surface area contributed by atoms with E-state index in [1.807, 2.05) is 4.57 Å². The topological polar surface area (TPSA) is 97.0 Å². The molecule has 0 amide bonds. The number of nitrogens with one attached hydrogen (secondary N) is 1. The minimum atomic E-state index is -3.71. The van der Waals surface area contributed by atoms with Crippen molar-refractivity contribution >= 4 is 20.9 Å². The van der Waals surface area contributed by atoms with Crippen LogP contribution >= 0.6 is 0 Å². The Balaban J connectivity index is 1.87. The van der Waals surface area contributed by atoms with Crippen LogP contribution in [0.1, 0.15) is 44.7 Å². The fourth-order valence-corrected chi connectivity index (χ4v) is 5.11. The molecule has 2 heterocycles. The Labute approximate surface area is 184 Å². The van der Waals surface area contributed by atoms with Gasteiger partial charge in [0.1, 0.15) is 16.7 Å². The normalized spacial score (nSPS) is 14.7. The van der Waals surface area contributed by atoms with Crippen molar-refractivity contribution in [3.63, 3.8) is 0 Å². The number of hydrogen-bond acceptors (Lipinski definition) is 5. The SMILES string of the molecule is CC(C)NS(=O)(=O)c1ccc(-c2c(C#N)c3cc(OC(F)F)ccc3n2C2CCC2)nc1. The van der Waals surface area contributed by atoms with Gasteiger partial charge >= 0.3 is 6.61 Å². The number of nitrogens with zero attached hydrogens (tertiary/aromatic N) is 3. The number of benzene rings is 1. The summed E-state index contributed by atoms with van der Waals surface area (Å²) in [5.41, 5.74) is 1.99. The predicted molar refractivity (Wildman–Crippen MR) is 115 cm³/mol. The number of aromatic nitrogens is 2. The van der Waals surface area contributed by atoms with Crippen LogP contribution in [0, 0.1) is 11.3 Å². The molecule has 3 aromatic rings. The maximum absolute atomic E-state index is 12.7. The number of pyridine rings is 1. The van der Waals surface area contributed by atoms with Crippen molar-refractivity contribution in [2.75, 3.05) is 0 Å². The summed E-state index contributed by atoms with van der Waals surface area (Å²) in [4.78, 5) is 4.38. The average molecular weight is 461 g/mol. The lowest BCUT2D eigenvalue weighted by Crippen LogP contribution is -2.30. The monoisotopic (exact) mass is 460 g/mol. The van der Waals surface area contributed by atoms with Gasteiger partial charge in [0.15, 0.2) is 0 Å². The van der Waals surface area contributed by atoms with Crippen molar-refractivity contribution in [2.45, 2.75) is 56.7 Å². The van der Waals surface area contributed by atoms with Crippen LogP contribution in [-0.2, 0) is 10.0 Å². The Morgan fingerprint density at radius 3 is 2.53 bits per heavy atom. The van der Waals surface area contributed by atoms with Crippen molar-refractivity contribution < 1.29 is 21.9 Å². The first kappa shape index (κ1) is 22.2. The quantitative estimate of drug-likeness (QED) is 0.556. The summed E-state index contributed by atoms with van der Waals surface area (Å²) < 4.78 is 59.3. The molecule has 1 aliphatic rings. The van der Waals surface area contributed by atoms with Crippen LogP contribution in [0.2, 0.25) is 0 Å². The van der Waals surface area contributed by atoms with Gasteiger partial charge in [0.2, 0.25) is 10.0 Å². The fourth-order valence-electron chi connectivity index (χ4n) is 3.92. The summed E-state index contributed by atoms with van der Waals surface area (Å²) in [7, 11) is -3.71. The van der Waals surface area contributed by atoms with Gasteiger partial charge in [-0.3, -0.25) is 4.98 Å². The molecule has 1 fully saturated rings. The first-order valence-corrected chi connectivity index (χ1v) is 11.7. The highest BCUT2D eigenvalue weighted by atomic mass is 32.2. The number of nitriles is 1. The number of rotatable bonds is 7. The molecular formula is C22H22F2N4O3S. The maximum Gasteiger partial charge on any atom is 0.387 e. The third-order valence-electron chi connectivity index (χ3n) is 5.43. The molecule has 1 N–H and O–H groups in total. The lowest BCUT2D eigenvalue weighted by Gasteiger charge is -2.30. The minimum Gasteiger partial charge on any atom is -0.435 e. The molecule has 0 saturated heterocycles. The Hall–Kier alpha value is -3.03. The van der Waals surface area contributed by atoms with E-state index in [-0.39, 0.29) is 28.3 Å². The Morgan fingerprint density at radius 1 is 1.25 bits per heavy atom. The van der Waals surface area contributed by atoms with Gasteiger partial charge in [-0.05, 0) is 63.4 Å². The number of halogens is 2. The van der Waals surface area contributed by atoms with Crippen LogP contribution in [0.5, 0.6) is 5.75 Å². The molecule has 0 atom stereocenters. The van der Waals surface area contributed by atoms with Gasteiger partial charge < -0.3 is 9.30 Å². The lowest BCUT2D eigenvalue weighted by atomic mass is 9.92. The van der Waals surface area contributed by atoms with Crippen LogP contribution in [0.15, 0.2) is 41.4 Å². The molecule has 1 saturated carbocycles. The van der Waals surface area contributed by atoms with E-state index in [2.05, 4.69) is 20.5 Å². The lowest BCUT2D eigenvalue weighted by molar-refractivity contribution is -0.0497. The van der Waals surface area contributed by atoms with Crippen molar-refractivity contribution in [2.24, 2.45) is 0 Å². The van der Waals surface area contributed by atoms with Gasteiger partial charge in [-0.2, -0.15) is 14.0 Å². The molecule has 4 rings (SSSR count). The van der Waals surface area contributed by atoms with Crippen molar-refractivity contribution in [3.05, 3.63) is 42.1 Å². The van der Waals surface area contributed by atoms with E-state index in [1.165, 1.54) is 24.4 Å². The second-order valence-electron chi connectivity index (χ2n) is 8.00. The highest BCUT2D eigenvalue weighted by molar-refractivity contribution is 7.89. The summed E-state index contributed by atoms with van der Waals surface area (Å²) >= 11 is 0. The summed E-state index contributed by atoms with van der Waals surface area (Å²) in [5, 5.41) is 10.4. The molecule has 0 unspecified atom stereocenters. The van der Waals surface area contributed by atoms with Crippen LogP contribution in [0.4, 0.5) is 8.78 Å². The Bertz CT molecular complexity index is 1290. The zero-order valence-corrected chi connectivity index (χ0v) is 18.4. The zero-order valence-electron chi connectivity index (χ0n) is 17.5. The van der Waals surface area contributed by atoms with Gasteiger partial charge in [-0.15, -0.1) is 0 Å². The van der Waals surface area contributed by atoms with Gasteiger partial charge in [-0.25, -0.2) is 13.1 Å². The van der Waals surface area contributed by atoms with Crippen molar-refractivity contribution in [1.29, 1.82) is 5.26 Å². The Kier molecular flexibility index (Phi) is 5.88. The predicted octanol–water partition coefficient (Wildman–Crippen LogP) is 4.59. The third kappa shape index (κ3) is 4.06. The van der Waals surface area contributed by atoms with E-state index in [0.29, 0.717) is 16.8 Å². The number of hydrogen-bond donors (Lipinski definition) is 1. The van der Waals surface area contributed by atoms with E-state index >= 15 is 0 Å². The van der Waals surface area contributed by atoms with Crippen LogP contribution < -0.4 is 9.46 Å². The number of fused-ring (bicyclic) bond motifs is 1. The summed E-state index contributed by atoms with van der Waals surface area (Å²) in [6.45, 7) is 0.477. The van der Waals surface area contributed by atoms with Crippen molar-refractivity contribution in [3.8, 4) is 23.2 Å². The second kappa shape index (κ2) is 8.48. The standard InChI is InChI=1S/C22H22F2N4O3S/c1-13(2)27-32(29,30)16-7-8-19(26-12-16)21-18(11-25)17-10-15(31-22(23)24)6-9-20(17)28(21)14-4-3-5-14/h6-10,12-14,22,27H,3-5H2,1-2H3. The highest BCUT2D eigenvalue weighted by Crippen LogP contribution is 2.43. The molecular weight excluding hydrogens is 438 g/mol. The van der Waals surface area contributed by atoms with Crippen LogP contribution in [0.25, 0.3) is 22.3 Å². The molecule has 2 aromatic heterocycles. The largest absolute Gasteiger partial charge is 0.435 e. The smallest absolute Gasteiger partial charge is 0.387 e. The summed E-state index contributed by atoms with van der Waals surface area (Å²) in [5.74, 6) is -0.0320. The molecule has 1 aliphatic carbocycles. The van der Waals surface area contributed by atoms with Crippen LogP contribution in [-0.4, -0.2) is 30.6 Å². The van der Waals surface area contributed by atoms with E-state index < -0.39 is 16.6 Å². The van der Waals surface area contributed by atoms with Gasteiger partial charge in [-0.1, -0.05) is 0 Å². The summed E-state index contributed by atoms with van der Waals surface area (Å²) in [6.07, 6.45) is 4.14. The van der Waals surface area contributed by atoms with Gasteiger partial charge in [0.25, 0.3) is 0 Å². The molecule has 32 heavy (non-hydrogen) atoms. The average Bonchev–Trinajstić information content (AvgIpc) is 2.98.